The van der Waals surface area contributed by atoms with Crippen LogP contribution in [0.4, 0.5) is 0 Å². The number of rotatable bonds is 3. The molecule has 0 bridgehead atoms. The van der Waals surface area contributed by atoms with Gasteiger partial charge in [0.25, 0.3) is 0 Å². The topological polar surface area (TPSA) is 14.2 Å². The minimum absolute atomic E-state index is 0.181. The van der Waals surface area contributed by atoms with Gasteiger partial charge in [-0.15, -0.1) is 0 Å². The second kappa shape index (κ2) is 8.95. The Morgan fingerprint density at radius 2 is 1.21 bits per heavy atom. The van der Waals surface area contributed by atoms with Gasteiger partial charge in [-0.05, 0) is 75.7 Å². The Kier molecular flexibility index (Phi) is 3.98. The smallest absolute Gasteiger partial charge is 0.135 e. The van der Waals surface area contributed by atoms with E-state index in [1.807, 2.05) is 30.3 Å². The summed E-state index contributed by atoms with van der Waals surface area (Å²) in [6, 6.07) is 39.7. The lowest BCUT2D eigenvalue weighted by Crippen LogP contribution is -1.98. The van der Waals surface area contributed by atoms with Crippen molar-refractivity contribution in [3.8, 4) is 50.6 Å². The van der Waals surface area contributed by atoms with Crippen molar-refractivity contribution >= 4 is 32.6 Å². The molecule has 1 aromatic heterocycles. The van der Waals surface area contributed by atoms with Crippen LogP contribution in [0.25, 0.3) is 71.6 Å². The molecule has 0 atom stereocenters. The summed E-state index contributed by atoms with van der Waals surface area (Å²) >= 11 is 0. The molecule has 7 aromatic carbocycles. The van der Waals surface area contributed by atoms with E-state index in [4.69, 9.17) is 11.6 Å². The summed E-state index contributed by atoms with van der Waals surface area (Å²) in [4.78, 5) is 0. The Morgan fingerprint density at radius 3 is 2.12 bits per heavy atom. The fourth-order valence-corrected chi connectivity index (χ4v) is 6.52. The molecular weight excluding hydrogens is 510 g/mol. The molecule has 0 saturated heterocycles. The van der Waals surface area contributed by atoms with E-state index in [-0.39, 0.29) is 29.7 Å². The Morgan fingerprint density at radius 1 is 0.476 bits per heavy atom. The molecule has 0 aliphatic carbocycles. The van der Waals surface area contributed by atoms with E-state index in [0.717, 1.165) is 55.5 Å². The molecule has 2 heteroatoms. The average Bonchev–Trinajstić information content (AvgIpc) is 3.46. The summed E-state index contributed by atoms with van der Waals surface area (Å²) in [6.07, 6.45) is 0. The van der Waals surface area contributed by atoms with Crippen molar-refractivity contribution in [1.82, 2.24) is 4.57 Å². The van der Waals surface area contributed by atoms with Gasteiger partial charge in [0.2, 0.25) is 0 Å². The first-order chi connectivity index (χ1) is 22.9. The summed E-state index contributed by atoms with van der Waals surface area (Å²) in [5, 5.41) is 3.96. The van der Waals surface area contributed by atoms with Crippen molar-refractivity contribution in [3.05, 3.63) is 152 Å². The number of ether oxygens (including phenoxy) is 1. The van der Waals surface area contributed by atoms with Gasteiger partial charge in [-0.25, -0.2) is 0 Å². The molecule has 1 aliphatic heterocycles. The van der Waals surface area contributed by atoms with Gasteiger partial charge in [0.05, 0.1) is 17.9 Å². The summed E-state index contributed by atoms with van der Waals surface area (Å²) in [5.41, 5.74) is 8.19. The van der Waals surface area contributed by atoms with Gasteiger partial charge in [-0.3, -0.25) is 0 Å². The van der Waals surface area contributed by atoms with Crippen LogP contribution in [0.2, 0.25) is 0 Å². The lowest BCUT2D eigenvalue weighted by molar-refractivity contribution is 0.487. The molecule has 0 radical (unpaired) electrons. The molecule has 196 valence electrons. The van der Waals surface area contributed by atoms with Gasteiger partial charge in [-0.2, -0.15) is 0 Å². The lowest BCUT2D eigenvalue weighted by Gasteiger charge is -2.23. The third-order valence-corrected chi connectivity index (χ3v) is 8.28. The monoisotopic (exact) mass is 540 g/mol. The van der Waals surface area contributed by atoms with Gasteiger partial charge >= 0.3 is 0 Å². The Hall–Kier alpha value is -5.60. The zero-order valence-electron chi connectivity index (χ0n) is 27.4. The van der Waals surface area contributed by atoms with Crippen LogP contribution < -0.4 is 4.74 Å². The molecule has 0 fully saturated rings. The Bertz CT molecular complexity index is 2580. The summed E-state index contributed by atoms with van der Waals surface area (Å²) in [5.74, 6) is 1.41. The van der Waals surface area contributed by atoms with E-state index in [1.54, 1.807) is 6.07 Å². The van der Waals surface area contributed by atoms with Gasteiger partial charge in [0, 0.05) is 27.4 Å². The minimum atomic E-state index is -0.404. The third kappa shape index (κ3) is 3.33. The van der Waals surface area contributed by atoms with Gasteiger partial charge in [0.15, 0.2) is 0 Å². The molecular formula is C40H25NO. The number of hydrogen-bond donors (Lipinski definition) is 0. The fourth-order valence-electron chi connectivity index (χ4n) is 6.52. The van der Waals surface area contributed by atoms with Crippen LogP contribution in [0.1, 0.15) is 6.85 Å². The van der Waals surface area contributed by atoms with E-state index in [2.05, 4.69) is 89.5 Å². The Labute approximate surface area is 250 Å². The molecule has 8 aromatic rings. The van der Waals surface area contributed by atoms with Crippen molar-refractivity contribution in [2.45, 2.75) is 0 Å². The number of aromatic nitrogens is 1. The third-order valence-electron chi connectivity index (χ3n) is 8.28. The van der Waals surface area contributed by atoms with Crippen molar-refractivity contribution in [3.63, 3.8) is 0 Å². The van der Waals surface area contributed by atoms with E-state index in [0.29, 0.717) is 11.3 Å². The summed E-state index contributed by atoms with van der Waals surface area (Å²) in [7, 11) is 0. The van der Waals surface area contributed by atoms with E-state index in [9.17, 15) is 0 Å². The van der Waals surface area contributed by atoms with E-state index in [1.165, 1.54) is 10.8 Å². The van der Waals surface area contributed by atoms with Gasteiger partial charge in [0.1, 0.15) is 11.5 Å². The average molecular weight is 541 g/mol. The normalized spacial score (nSPS) is 13.7. The first-order valence-corrected chi connectivity index (χ1v) is 14.0. The highest BCUT2D eigenvalue weighted by molar-refractivity contribution is 6.16. The van der Waals surface area contributed by atoms with Crippen LogP contribution in [-0.4, -0.2) is 4.57 Å². The second-order valence-corrected chi connectivity index (χ2v) is 10.5. The quantitative estimate of drug-likeness (QED) is 0.217. The van der Waals surface area contributed by atoms with Gasteiger partial charge in [-0.1, -0.05) is 109 Å². The van der Waals surface area contributed by atoms with Crippen molar-refractivity contribution in [2.75, 3.05) is 0 Å². The molecule has 0 N–H and O–H groups in total. The zero-order valence-corrected chi connectivity index (χ0v) is 22.4. The summed E-state index contributed by atoms with van der Waals surface area (Å²) < 4.78 is 50.6. The number of hydrogen-bond acceptors (Lipinski definition) is 1. The molecule has 0 amide bonds. The van der Waals surface area contributed by atoms with Crippen molar-refractivity contribution < 1.29 is 11.6 Å². The standard InChI is InChI=1S/C40H25NO/c1-3-11-26(12-4-1)29-22-24-38-40-31(29)17-9-18-32(40)34-25-27(21-23-37(34)42-38)30-16-10-20-36-39(30)33-15-7-8-19-35(33)41(36)28-13-5-2-6-14-28/h1-25H/i1D,3D,4D,11D,12D. The van der Waals surface area contributed by atoms with Crippen LogP contribution in [-0.2, 0) is 0 Å². The minimum Gasteiger partial charge on any atom is -0.456 e. The van der Waals surface area contributed by atoms with Crippen molar-refractivity contribution in [2.24, 2.45) is 0 Å². The molecule has 42 heavy (non-hydrogen) atoms. The largest absolute Gasteiger partial charge is 0.456 e. The first kappa shape index (κ1) is 18.7. The molecule has 0 unspecified atom stereocenters. The van der Waals surface area contributed by atoms with Gasteiger partial charge < -0.3 is 9.30 Å². The zero-order chi connectivity index (χ0) is 32.0. The highest BCUT2D eigenvalue weighted by Gasteiger charge is 2.23. The lowest BCUT2D eigenvalue weighted by atomic mass is 9.89. The van der Waals surface area contributed by atoms with E-state index < -0.39 is 6.04 Å². The molecule has 0 spiro atoms. The van der Waals surface area contributed by atoms with Crippen LogP contribution in [0, 0.1) is 0 Å². The molecule has 2 heterocycles. The van der Waals surface area contributed by atoms with E-state index >= 15 is 0 Å². The Balaban J connectivity index is 1.27. The SMILES string of the molecule is [2H]c1c([2H])c([2H])c(-c2ccc3c4c(cccc24)-c2cc(-c4cccc5c4c4ccccc4n5-c4ccccc4)ccc2O3)c([2H])c1[2H]. The van der Waals surface area contributed by atoms with Crippen LogP contribution >= 0.6 is 0 Å². The molecule has 2 nitrogen and oxygen atoms in total. The molecule has 9 rings (SSSR count). The first-order valence-electron chi connectivity index (χ1n) is 16.5. The predicted molar refractivity (Wildman–Crippen MR) is 175 cm³/mol. The van der Waals surface area contributed by atoms with Crippen molar-refractivity contribution in [1.29, 1.82) is 0 Å². The number of nitrogens with zero attached hydrogens (tertiary/aromatic N) is 1. The predicted octanol–water partition coefficient (Wildman–Crippen LogP) is 11.0. The second-order valence-electron chi connectivity index (χ2n) is 10.5. The summed E-state index contributed by atoms with van der Waals surface area (Å²) in [6.45, 7) is 0. The maximum Gasteiger partial charge on any atom is 0.135 e. The maximum absolute atomic E-state index is 8.63. The fraction of sp³-hybridized carbons (Fsp3) is 0. The van der Waals surface area contributed by atoms with Crippen LogP contribution in [0.15, 0.2) is 152 Å². The highest BCUT2D eigenvalue weighted by Crippen LogP contribution is 2.50. The number of benzene rings is 7. The number of fused-ring (bicyclic) bond motifs is 5. The molecule has 0 saturated carbocycles. The maximum atomic E-state index is 8.63. The highest BCUT2D eigenvalue weighted by atomic mass is 16.5. The number of para-hydroxylation sites is 2. The van der Waals surface area contributed by atoms with Crippen LogP contribution in [0.3, 0.4) is 0 Å². The van der Waals surface area contributed by atoms with Crippen LogP contribution in [0.5, 0.6) is 11.5 Å². The molecule has 1 aliphatic rings.